The number of likely N-dealkylation sites (tertiary alicyclic amines) is 1. The largest absolute Gasteiger partial charge is 0.497 e. The molecule has 32 heavy (non-hydrogen) atoms. The summed E-state index contributed by atoms with van der Waals surface area (Å²) < 4.78 is 19.5. The summed E-state index contributed by atoms with van der Waals surface area (Å²) in [6, 6.07) is 16.6. The fraction of sp³-hybridized carbons (Fsp3) is 0.462. The van der Waals surface area contributed by atoms with Crippen molar-refractivity contribution in [2.45, 2.75) is 38.2 Å². The minimum Gasteiger partial charge on any atom is -0.497 e. The summed E-state index contributed by atoms with van der Waals surface area (Å²) in [5, 5.41) is 12.5. The van der Waals surface area contributed by atoms with Crippen LogP contribution in [0, 0.1) is 6.92 Å². The fourth-order valence-corrected chi connectivity index (χ4v) is 5.35. The number of nitrogens with one attached hydrogen (secondary N) is 1. The van der Waals surface area contributed by atoms with Crippen molar-refractivity contribution < 1.29 is 24.2 Å². The molecule has 2 aliphatic heterocycles. The molecule has 170 valence electrons. The van der Waals surface area contributed by atoms with E-state index in [0.717, 1.165) is 60.4 Å². The highest BCUT2D eigenvalue weighted by Gasteiger charge is 2.42. The van der Waals surface area contributed by atoms with Crippen LogP contribution in [-0.2, 0) is 16.0 Å². The molecule has 2 aromatic carbocycles. The summed E-state index contributed by atoms with van der Waals surface area (Å²) in [6.07, 6.45) is 1.23. The van der Waals surface area contributed by atoms with Gasteiger partial charge in [0.1, 0.15) is 18.4 Å². The number of ether oxygens (including phenoxy) is 3. The Hall–Kier alpha value is -2.38. The molecule has 6 nitrogen and oxygen atoms in total. The lowest BCUT2D eigenvalue weighted by Gasteiger charge is -2.36. The van der Waals surface area contributed by atoms with Crippen molar-refractivity contribution in [3.8, 4) is 5.75 Å². The summed E-state index contributed by atoms with van der Waals surface area (Å²) in [7, 11) is 1.69. The average Bonchev–Trinajstić information content (AvgIpc) is 3.38. The number of aliphatic hydroxyl groups is 1. The molecule has 3 heterocycles. The Kier molecular flexibility index (Phi) is 5.95. The zero-order chi connectivity index (χ0) is 22.1. The molecule has 5 rings (SSSR count). The molecule has 0 saturated carbocycles. The van der Waals surface area contributed by atoms with Gasteiger partial charge >= 0.3 is 0 Å². The molecular weight excluding hydrogens is 404 g/mol. The van der Waals surface area contributed by atoms with Crippen molar-refractivity contribution >= 4 is 10.9 Å². The second kappa shape index (κ2) is 8.87. The van der Waals surface area contributed by atoms with Gasteiger partial charge in [-0.15, -0.1) is 0 Å². The van der Waals surface area contributed by atoms with Gasteiger partial charge in [-0.3, -0.25) is 0 Å². The molecule has 0 unspecified atom stereocenters. The third-order valence-electron chi connectivity index (χ3n) is 7.11. The van der Waals surface area contributed by atoms with Gasteiger partial charge in [0, 0.05) is 28.7 Å². The minimum absolute atomic E-state index is 0.372. The molecule has 0 aliphatic carbocycles. The van der Waals surface area contributed by atoms with E-state index in [1.807, 2.05) is 12.1 Å². The number of nitrogens with zero attached hydrogens (tertiary/aromatic N) is 1. The highest BCUT2D eigenvalue weighted by molar-refractivity contribution is 5.87. The van der Waals surface area contributed by atoms with E-state index in [2.05, 4.69) is 47.9 Å². The molecule has 1 atom stereocenters. The number of quaternary nitrogens is 1. The number of hydrogen-bond acceptors (Lipinski definition) is 4. The Labute approximate surface area is 189 Å². The maximum absolute atomic E-state index is 11.4. The number of hydrogen-bond donors (Lipinski definition) is 2. The zero-order valence-electron chi connectivity index (χ0n) is 19.0. The van der Waals surface area contributed by atoms with Crippen LogP contribution < -0.4 is 9.64 Å². The number of aromatic nitrogens is 1. The van der Waals surface area contributed by atoms with Gasteiger partial charge in [-0.25, -0.2) is 0 Å². The quantitative estimate of drug-likeness (QED) is 0.622. The topological polar surface area (TPSA) is 57.3 Å². The van der Waals surface area contributed by atoms with E-state index in [1.54, 1.807) is 7.11 Å². The summed E-state index contributed by atoms with van der Waals surface area (Å²) in [6.45, 7) is 6.85. The molecule has 0 radical (unpaired) electrons. The lowest BCUT2D eigenvalue weighted by atomic mass is 10.0. The van der Waals surface area contributed by atoms with Crippen LogP contribution in [0.3, 0.4) is 0 Å². The van der Waals surface area contributed by atoms with Crippen LogP contribution in [0.1, 0.15) is 35.8 Å². The molecule has 2 fully saturated rings. The van der Waals surface area contributed by atoms with Gasteiger partial charge < -0.3 is 28.8 Å². The van der Waals surface area contributed by atoms with Crippen LogP contribution in [0.4, 0.5) is 0 Å². The van der Waals surface area contributed by atoms with Crippen LogP contribution in [-0.4, -0.2) is 55.4 Å². The van der Waals surface area contributed by atoms with E-state index in [9.17, 15) is 5.11 Å². The molecule has 0 bridgehead atoms. The van der Waals surface area contributed by atoms with Crippen LogP contribution in [0.5, 0.6) is 5.75 Å². The Morgan fingerprint density at radius 3 is 2.50 bits per heavy atom. The lowest BCUT2D eigenvalue weighted by molar-refractivity contribution is -0.912. The number of rotatable bonds is 6. The predicted octanol–water partition coefficient (Wildman–Crippen LogP) is 2.46. The maximum atomic E-state index is 11.4. The fourth-order valence-electron chi connectivity index (χ4n) is 5.35. The van der Waals surface area contributed by atoms with E-state index in [0.29, 0.717) is 19.8 Å². The van der Waals surface area contributed by atoms with Crippen LogP contribution in [0.2, 0.25) is 0 Å². The summed E-state index contributed by atoms with van der Waals surface area (Å²) in [5.41, 5.74) is 4.49. The minimum atomic E-state index is -0.545. The Balaban J connectivity index is 1.42. The highest BCUT2D eigenvalue weighted by atomic mass is 16.7. The molecule has 2 saturated heterocycles. The number of piperidine rings is 1. The van der Waals surface area contributed by atoms with E-state index < -0.39 is 6.10 Å². The summed E-state index contributed by atoms with van der Waals surface area (Å²) >= 11 is 0. The number of benzene rings is 2. The summed E-state index contributed by atoms with van der Waals surface area (Å²) in [5.74, 6) is 0.439. The molecule has 1 spiro atoms. The first-order chi connectivity index (χ1) is 15.6. The Morgan fingerprint density at radius 1 is 1.09 bits per heavy atom. The normalized spacial score (nSPS) is 19.6. The average molecular weight is 438 g/mol. The molecule has 1 aromatic heterocycles. The molecule has 2 N–H and O–H groups in total. The van der Waals surface area contributed by atoms with Gasteiger partial charge in [-0.2, -0.15) is 0 Å². The second-order valence-electron chi connectivity index (χ2n) is 9.03. The first-order valence-electron chi connectivity index (χ1n) is 11.6. The smallest absolute Gasteiger partial charge is 0.179 e. The Morgan fingerprint density at radius 2 is 1.81 bits per heavy atom. The number of fused-ring (bicyclic) bond motifs is 1. The molecule has 6 heteroatoms. The first-order valence-corrected chi connectivity index (χ1v) is 11.6. The molecule has 2 aliphatic rings. The van der Waals surface area contributed by atoms with Crippen LogP contribution in [0.25, 0.3) is 10.9 Å². The van der Waals surface area contributed by atoms with Crippen molar-refractivity contribution in [2.75, 3.05) is 40.0 Å². The standard InChI is InChI=1S/C26H32N2O4/c1-19-25(24(29)18-27-12-10-26(11-13-27)31-14-15-32-26)22-16-21(30-2)8-9-23(22)28(19)17-20-6-4-3-5-7-20/h3-9,16,24,29H,10-15,17-18H2,1-2H3/p+1/t24-/m0/s1. The maximum Gasteiger partial charge on any atom is 0.179 e. The second-order valence-corrected chi connectivity index (χ2v) is 9.03. The lowest BCUT2D eigenvalue weighted by Crippen LogP contribution is -3.14. The molecular formula is C26H33N2O4+. The van der Waals surface area contributed by atoms with E-state index in [-0.39, 0.29) is 5.79 Å². The van der Waals surface area contributed by atoms with Gasteiger partial charge in [0.15, 0.2) is 5.79 Å². The number of aliphatic hydroxyl groups excluding tert-OH is 1. The monoisotopic (exact) mass is 437 g/mol. The third kappa shape index (κ3) is 4.04. The van der Waals surface area contributed by atoms with Gasteiger partial charge in [0.2, 0.25) is 0 Å². The molecule has 0 amide bonds. The Bertz CT molecular complexity index is 1060. The van der Waals surface area contributed by atoms with Crippen molar-refractivity contribution in [3.05, 3.63) is 65.4 Å². The molecule has 3 aromatic rings. The van der Waals surface area contributed by atoms with Crippen LogP contribution >= 0.6 is 0 Å². The zero-order valence-corrected chi connectivity index (χ0v) is 19.0. The van der Waals surface area contributed by atoms with E-state index >= 15 is 0 Å². The first kappa shape index (κ1) is 21.5. The van der Waals surface area contributed by atoms with Crippen LogP contribution in [0.15, 0.2) is 48.5 Å². The van der Waals surface area contributed by atoms with Crippen molar-refractivity contribution in [1.82, 2.24) is 4.57 Å². The van der Waals surface area contributed by atoms with Crippen molar-refractivity contribution in [1.29, 1.82) is 0 Å². The van der Waals surface area contributed by atoms with E-state index in [1.165, 1.54) is 10.5 Å². The van der Waals surface area contributed by atoms with Crippen molar-refractivity contribution in [3.63, 3.8) is 0 Å². The van der Waals surface area contributed by atoms with Gasteiger partial charge in [0.25, 0.3) is 0 Å². The predicted molar refractivity (Wildman–Crippen MR) is 123 cm³/mol. The third-order valence-corrected chi connectivity index (χ3v) is 7.11. The van der Waals surface area contributed by atoms with Gasteiger partial charge in [-0.1, -0.05) is 30.3 Å². The van der Waals surface area contributed by atoms with Gasteiger partial charge in [-0.05, 0) is 30.7 Å². The summed E-state index contributed by atoms with van der Waals surface area (Å²) in [4.78, 5) is 1.40. The van der Waals surface area contributed by atoms with E-state index in [4.69, 9.17) is 14.2 Å². The van der Waals surface area contributed by atoms with Crippen molar-refractivity contribution in [2.24, 2.45) is 0 Å². The highest BCUT2D eigenvalue weighted by Crippen LogP contribution is 2.34. The SMILES string of the molecule is COc1ccc2c(c1)c([C@@H](O)C[NH+]1CCC3(CC1)OCCO3)c(C)n2Cc1ccccc1. The van der Waals surface area contributed by atoms with Gasteiger partial charge in [0.05, 0.1) is 46.3 Å². The number of methoxy groups -OCH3 is 1.